The van der Waals surface area contributed by atoms with E-state index in [-0.39, 0.29) is 42.1 Å². The van der Waals surface area contributed by atoms with Crippen molar-refractivity contribution in [2.24, 2.45) is 5.41 Å². The van der Waals surface area contributed by atoms with Crippen molar-refractivity contribution in [2.45, 2.75) is 78.3 Å². The summed E-state index contributed by atoms with van der Waals surface area (Å²) < 4.78 is 27.4. The molecule has 8 nitrogen and oxygen atoms in total. The van der Waals surface area contributed by atoms with E-state index < -0.39 is 29.6 Å². The fourth-order valence-corrected chi connectivity index (χ4v) is 4.20. The van der Waals surface area contributed by atoms with Crippen LogP contribution in [0.4, 0.5) is 8.78 Å². The van der Waals surface area contributed by atoms with Gasteiger partial charge in [-0.2, -0.15) is 0 Å². The Balaban J connectivity index is 1.66. The van der Waals surface area contributed by atoms with Crippen molar-refractivity contribution in [2.75, 3.05) is 13.1 Å². The van der Waals surface area contributed by atoms with E-state index in [2.05, 4.69) is 20.6 Å². The molecule has 0 saturated carbocycles. The lowest BCUT2D eigenvalue weighted by molar-refractivity contribution is -0.132. The van der Waals surface area contributed by atoms with Crippen LogP contribution in [0, 0.1) is 17.0 Å². The van der Waals surface area contributed by atoms with Gasteiger partial charge in [0.15, 0.2) is 0 Å². The minimum atomic E-state index is -0.884. The second-order valence-electron chi connectivity index (χ2n) is 10.8. The molecule has 0 unspecified atom stereocenters. The van der Waals surface area contributed by atoms with Crippen LogP contribution in [0.2, 0.25) is 0 Å². The van der Waals surface area contributed by atoms with E-state index in [1.54, 1.807) is 11.8 Å². The number of carbonyl (C=O) groups excluding carboxylic acids is 3. The van der Waals surface area contributed by atoms with Crippen LogP contribution in [0.1, 0.15) is 78.1 Å². The second-order valence-corrected chi connectivity index (χ2v) is 10.8. The third kappa shape index (κ3) is 8.36. The molecule has 0 radical (unpaired) electrons. The number of carbonyl (C=O) groups is 3. The average Bonchev–Trinajstić information content (AvgIpc) is 3.52. The first-order chi connectivity index (χ1) is 17.4. The van der Waals surface area contributed by atoms with Gasteiger partial charge in [-0.1, -0.05) is 20.8 Å². The number of aromatic nitrogens is 2. The van der Waals surface area contributed by atoms with Gasteiger partial charge in [0.2, 0.25) is 17.7 Å². The van der Waals surface area contributed by atoms with Gasteiger partial charge in [-0.15, -0.1) is 0 Å². The summed E-state index contributed by atoms with van der Waals surface area (Å²) in [5.41, 5.74) is 0.469. The molecule has 1 aliphatic heterocycles. The largest absolute Gasteiger partial charge is 0.345 e. The number of hydrogen-bond acceptors (Lipinski definition) is 4. The Bertz CT molecular complexity index is 1110. The molecule has 1 aliphatic rings. The lowest BCUT2D eigenvalue weighted by Crippen LogP contribution is -2.48. The molecule has 0 bridgehead atoms. The summed E-state index contributed by atoms with van der Waals surface area (Å²) in [7, 11) is 0. The van der Waals surface area contributed by atoms with Crippen LogP contribution >= 0.6 is 0 Å². The van der Waals surface area contributed by atoms with Crippen LogP contribution in [0.15, 0.2) is 24.4 Å². The lowest BCUT2D eigenvalue weighted by Gasteiger charge is -2.23. The van der Waals surface area contributed by atoms with Crippen molar-refractivity contribution in [1.29, 1.82) is 0 Å². The maximum Gasteiger partial charge on any atom is 0.243 e. The molecule has 1 aromatic heterocycles. The topological polar surface area (TPSA) is 107 Å². The van der Waals surface area contributed by atoms with E-state index in [4.69, 9.17) is 0 Å². The zero-order chi connectivity index (χ0) is 27.2. The standard InChI is InChI=1S/C27H37F2N5O3/c1-17(25-30-16-22(33-25)19-8-7-18(28)15-20(19)29)31-26(37)21(32-23(35)11-12-27(2,3)4)9-10-24(36)34-13-5-6-14-34/h7-8,15-17,21H,5-6,9-14H2,1-4H3,(H,30,33)(H,31,37)(H,32,35)/t17-,21-/m0/s1. The van der Waals surface area contributed by atoms with Gasteiger partial charge >= 0.3 is 0 Å². The third-order valence-corrected chi connectivity index (χ3v) is 6.45. The highest BCUT2D eigenvalue weighted by Crippen LogP contribution is 2.23. The molecule has 3 N–H and O–H groups in total. The van der Waals surface area contributed by atoms with Crippen molar-refractivity contribution < 1.29 is 23.2 Å². The first-order valence-electron chi connectivity index (χ1n) is 12.8. The van der Waals surface area contributed by atoms with E-state index in [0.29, 0.717) is 17.9 Å². The Morgan fingerprint density at radius 3 is 2.46 bits per heavy atom. The van der Waals surface area contributed by atoms with Crippen molar-refractivity contribution in [3.05, 3.63) is 41.9 Å². The van der Waals surface area contributed by atoms with Crippen molar-refractivity contribution in [3.63, 3.8) is 0 Å². The SMILES string of the molecule is C[C@H](NC(=O)[C@H](CCC(=O)N1CCCC1)NC(=O)CCC(C)(C)C)c1ncc(-c2ccc(F)cc2F)[nH]1. The van der Waals surface area contributed by atoms with Crippen molar-refractivity contribution in [3.8, 4) is 11.3 Å². The molecule has 0 aliphatic carbocycles. The molecule has 1 fully saturated rings. The molecule has 37 heavy (non-hydrogen) atoms. The van der Waals surface area contributed by atoms with Gasteiger partial charge in [0.25, 0.3) is 0 Å². The van der Waals surface area contributed by atoms with Gasteiger partial charge in [-0.05, 0) is 50.2 Å². The summed E-state index contributed by atoms with van der Waals surface area (Å²) in [4.78, 5) is 47.3. The monoisotopic (exact) mass is 517 g/mol. The smallest absolute Gasteiger partial charge is 0.243 e. The van der Waals surface area contributed by atoms with E-state index in [9.17, 15) is 23.2 Å². The summed E-state index contributed by atoms with van der Waals surface area (Å²) in [6.07, 6.45) is 4.63. The van der Waals surface area contributed by atoms with Crippen molar-refractivity contribution in [1.82, 2.24) is 25.5 Å². The number of hydrogen-bond donors (Lipinski definition) is 3. The number of H-pyrrole nitrogens is 1. The zero-order valence-corrected chi connectivity index (χ0v) is 22.0. The maximum absolute atomic E-state index is 14.2. The highest BCUT2D eigenvalue weighted by atomic mass is 19.1. The molecule has 3 rings (SSSR count). The number of likely N-dealkylation sites (tertiary alicyclic amines) is 1. The number of aromatic amines is 1. The van der Waals surface area contributed by atoms with Crippen LogP contribution in [-0.4, -0.2) is 51.7 Å². The van der Waals surface area contributed by atoms with E-state index in [0.717, 1.165) is 38.1 Å². The van der Waals surface area contributed by atoms with E-state index in [1.165, 1.54) is 12.3 Å². The molecule has 3 amide bonds. The first kappa shape index (κ1) is 28.3. The van der Waals surface area contributed by atoms with Crippen LogP contribution in [-0.2, 0) is 14.4 Å². The van der Waals surface area contributed by atoms with E-state index >= 15 is 0 Å². The first-order valence-corrected chi connectivity index (χ1v) is 12.8. The van der Waals surface area contributed by atoms with Crippen LogP contribution in [0.5, 0.6) is 0 Å². The van der Waals surface area contributed by atoms with Crippen LogP contribution in [0.25, 0.3) is 11.3 Å². The quantitative estimate of drug-likeness (QED) is 0.438. The van der Waals surface area contributed by atoms with Gasteiger partial charge in [-0.25, -0.2) is 13.8 Å². The molecule has 202 valence electrons. The van der Waals surface area contributed by atoms with E-state index in [1.807, 2.05) is 20.8 Å². The summed E-state index contributed by atoms with van der Waals surface area (Å²) in [5.74, 6) is -1.74. The number of imidazole rings is 1. The predicted octanol–water partition coefficient (Wildman–Crippen LogP) is 4.25. The van der Waals surface area contributed by atoms with Gasteiger partial charge in [0.05, 0.1) is 17.9 Å². The fourth-order valence-electron chi connectivity index (χ4n) is 4.20. The molecule has 0 spiro atoms. The molecule has 2 aromatic rings. The van der Waals surface area contributed by atoms with Crippen molar-refractivity contribution >= 4 is 17.7 Å². The molecule has 1 saturated heterocycles. The second kappa shape index (κ2) is 12.3. The molecule has 1 aromatic carbocycles. The molecular weight excluding hydrogens is 480 g/mol. The number of amides is 3. The molecule has 2 atom stereocenters. The van der Waals surface area contributed by atoms with Gasteiger partial charge in [0, 0.05) is 37.6 Å². The summed E-state index contributed by atoms with van der Waals surface area (Å²) in [6.45, 7) is 9.26. The summed E-state index contributed by atoms with van der Waals surface area (Å²) in [6, 6.07) is 1.78. The third-order valence-electron chi connectivity index (χ3n) is 6.45. The Kier molecular flexibility index (Phi) is 9.39. The maximum atomic E-state index is 14.2. The number of rotatable bonds is 10. The Labute approximate surface area is 216 Å². The number of nitrogens with one attached hydrogen (secondary N) is 3. The highest BCUT2D eigenvalue weighted by molar-refractivity contribution is 5.88. The molecule has 10 heteroatoms. The van der Waals surface area contributed by atoms with Crippen LogP contribution in [0.3, 0.4) is 0 Å². The number of benzene rings is 1. The Hall–Kier alpha value is -3.30. The summed E-state index contributed by atoms with van der Waals surface area (Å²) in [5, 5.41) is 5.63. The summed E-state index contributed by atoms with van der Waals surface area (Å²) >= 11 is 0. The zero-order valence-electron chi connectivity index (χ0n) is 22.0. The molecular formula is C27H37F2N5O3. The Morgan fingerprint density at radius 2 is 1.81 bits per heavy atom. The normalized spacial score (nSPS) is 15.4. The fraction of sp³-hybridized carbons (Fsp3) is 0.556. The van der Waals surface area contributed by atoms with Gasteiger partial charge < -0.3 is 20.5 Å². The molecule has 2 heterocycles. The predicted molar refractivity (Wildman–Crippen MR) is 136 cm³/mol. The lowest BCUT2D eigenvalue weighted by atomic mass is 9.90. The van der Waals surface area contributed by atoms with Crippen LogP contribution < -0.4 is 10.6 Å². The Morgan fingerprint density at radius 1 is 1.11 bits per heavy atom. The highest BCUT2D eigenvalue weighted by Gasteiger charge is 2.27. The van der Waals surface area contributed by atoms with Gasteiger partial charge in [-0.3, -0.25) is 14.4 Å². The average molecular weight is 518 g/mol. The number of halogens is 2. The minimum absolute atomic E-state index is 0.0238. The van der Waals surface area contributed by atoms with Gasteiger partial charge in [0.1, 0.15) is 23.5 Å². The minimum Gasteiger partial charge on any atom is -0.345 e. The number of nitrogens with zero attached hydrogens (tertiary/aromatic N) is 2.